The Balaban J connectivity index is 1.68. The van der Waals surface area contributed by atoms with Gasteiger partial charge in [-0.2, -0.15) is 0 Å². The van der Waals surface area contributed by atoms with Crippen molar-refractivity contribution in [3.63, 3.8) is 0 Å². The monoisotopic (exact) mass is 415 g/mol. The molecule has 1 aromatic carbocycles. The van der Waals surface area contributed by atoms with Crippen LogP contribution in [0.2, 0.25) is 0 Å². The number of amides is 2. The van der Waals surface area contributed by atoms with Gasteiger partial charge in [0.1, 0.15) is 6.10 Å². The quantitative estimate of drug-likeness (QED) is 0.644. The molecule has 0 aromatic heterocycles. The zero-order valence-corrected chi connectivity index (χ0v) is 17.0. The van der Waals surface area contributed by atoms with E-state index in [1.54, 1.807) is 12.1 Å². The van der Waals surface area contributed by atoms with Gasteiger partial charge in [0.15, 0.2) is 12.4 Å². The number of cyclic esters (lactones) is 1. The molecular weight excluding hydrogens is 390 g/mol. The number of anilines is 1. The minimum absolute atomic E-state index is 0.180. The van der Waals surface area contributed by atoms with Gasteiger partial charge < -0.3 is 20.1 Å². The van der Waals surface area contributed by atoms with E-state index in [1.165, 1.54) is 18.7 Å². The van der Waals surface area contributed by atoms with Crippen LogP contribution >= 0.6 is 0 Å². The minimum Gasteiger partial charge on any atom is -0.457 e. The molecule has 1 unspecified atom stereocenters. The highest BCUT2D eigenvalue weighted by Gasteiger charge is 2.32. The highest BCUT2D eigenvalue weighted by molar-refractivity contribution is 5.98. The Bertz CT molecular complexity index is 864. The summed E-state index contributed by atoms with van der Waals surface area (Å²) in [6.07, 6.45) is 1.71. The normalized spacial score (nSPS) is 20.9. The Morgan fingerprint density at radius 2 is 1.97 bits per heavy atom. The number of Topliss-reactive ketones (excluding diaryl/α,β-unsaturated/α-hetero) is 1. The second-order valence-electron chi connectivity index (χ2n) is 7.18. The first kappa shape index (κ1) is 21.5. The molecular formula is C21H25N3O6. The van der Waals surface area contributed by atoms with E-state index in [4.69, 9.17) is 9.47 Å². The molecule has 2 atom stereocenters. The predicted molar refractivity (Wildman–Crippen MR) is 108 cm³/mol. The van der Waals surface area contributed by atoms with Gasteiger partial charge >= 0.3 is 12.1 Å². The molecule has 0 aliphatic carbocycles. The number of hydrogen-bond acceptors (Lipinski definition) is 7. The van der Waals surface area contributed by atoms with Gasteiger partial charge in [-0.1, -0.05) is 18.2 Å². The summed E-state index contributed by atoms with van der Waals surface area (Å²) in [6.45, 7) is 3.71. The molecule has 30 heavy (non-hydrogen) atoms. The lowest BCUT2D eigenvalue weighted by Crippen LogP contribution is -2.33. The first-order valence-corrected chi connectivity index (χ1v) is 9.77. The van der Waals surface area contributed by atoms with Gasteiger partial charge in [-0.25, -0.2) is 4.79 Å². The summed E-state index contributed by atoms with van der Waals surface area (Å²) in [5, 5.41) is 5.96. The lowest BCUT2D eigenvalue weighted by Gasteiger charge is -2.26. The van der Waals surface area contributed by atoms with Crippen molar-refractivity contribution in [1.29, 1.82) is 0 Å². The van der Waals surface area contributed by atoms with Crippen LogP contribution in [-0.2, 0) is 23.9 Å². The fraction of sp³-hybridized carbons (Fsp3) is 0.429. The van der Waals surface area contributed by atoms with Crippen LogP contribution in [0.1, 0.15) is 31.9 Å². The molecule has 1 saturated heterocycles. The molecule has 160 valence electrons. The summed E-state index contributed by atoms with van der Waals surface area (Å²) in [5.41, 5.74) is 2.09. The van der Waals surface area contributed by atoms with Crippen molar-refractivity contribution >= 4 is 29.4 Å². The number of rotatable bonds is 7. The number of ketones is 1. The smallest absolute Gasteiger partial charge is 0.414 e. The number of benzene rings is 1. The fourth-order valence-corrected chi connectivity index (χ4v) is 3.45. The third-order valence-electron chi connectivity index (χ3n) is 4.89. The lowest BCUT2D eigenvalue weighted by molar-refractivity contribution is -0.144. The Labute approximate surface area is 174 Å². The van der Waals surface area contributed by atoms with Crippen molar-refractivity contribution in [2.45, 2.75) is 32.4 Å². The number of hydrogen-bond donors (Lipinski definition) is 2. The molecule has 2 heterocycles. The molecule has 0 saturated carbocycles. The highest BCUT2D eigenvalue weighted by atomic mass is 16.6. The van der Waals surface area contributed by atoms with Crippen LogP contribution in [0.25, 0.3) is 0 Å². The molecule has 9 nitrogen and oxygen atoms in total. The number of nitrogens with one attached hydrogen (secondary N) is 2. The van der Waals surface area contributed by atoms with Crippen LogP contribution < -0.4 is 15.5 Å². The summed E-state index contributed by atoms with van der Waals surface area (Å²) < 4.78 is 10.1. The van der Waals surface area contributed by atoms with Gasteiger partial charge in [-0.05, 0) is 30.7 Å². The number of ether oxygens (including phenoxy) is 2. The van der Waals surface area contributed by atoms with Gasteiger partial charge in [0.2, 0.25) is 5.91 Å². The van der Waals surface area contributed by atoms with E-state index in [9.17, 15) is 19.2 Å². The van der Waals surface area contributed by atoms with Gasteiger partial charge in [-0.15, -0.1) is 0 Å². The maximum atomic E-state index is 12.5. The maximum Gasteiger partial charge on any atom is 0.414 e. The summed E-state index contributed by atoms with van der Waals surface area (Å²) in [7, 11) is 0. The van der Waals surface area contributed by atoms with E-state index in [-0.39, 0.29) is 30.9 Å². The van der Waals surface area contributed by atoms with Crippen LogP contribution in [0.5, 0.6) is 0 Å². The first-order valence-electron chi connectivity index (χ1n) is 9.77. The Hall–Kier alpha value is -3.20. The van der Waals surface area contributed by atoms with E-state index in [1.807, 2.05) is 18.2 Å². The highest BCUT2D eigenvalue weighted by Crippen LogP contribution is 2.29. The van der Waals surface area contributed by atoms with Gasteiger partial charge in [0.05, 0.1) is 19.1 Å². The maximum absolute atomic E-state index is 12.5. The molecule has 9 heteroatoms. The molecule has 3 rings (SSSR count). The number of carbonyl (C=O) groups is 4. The van der Waals surface area contributed by atoms with E-state index in [0.717, 1.165) is 12.1 Å². The third kappa shape index (κ3) is 5.24. The Morgan fingerprint density at radius 3 is 2.63 bits per heavy atom. The second kappa shape index (κ2) is 9.53. The van der Waals surface area contributed by atoms with Crippen molar-refractivity contribution in [3.8, 4) is 0 Å². The minimum atomic E-state index is -0.497. The summed E-state index contributed by atoms with van der Waals surface area (Å²) in [4.78, 5) is 48.2. The number of esters is 1. The van der Waals surface area contributed by atoms with Crippen molar-refractivity contribution in [2.75, 3.05) is 31.1 Å². The Kier molecular flexibility index (Phi) is 6.83. The number of carbonyl (C=O) groups excluding carboxylic acids is 4. The molecule has 2 aliphatic heterocycles. The van der Waals surface area contributed by atoms with E-state index >= 15 is 0 Å². The van der Waals surface area contributed by atoms with E-state index in [2.05, 4.69) is 10.6 Å². The van der Waals surface area contributed by atoms with Crippen LogP contribution in [0.4, 0.5) is 10.5 Å². The van der Waals surface area contributed by atoms with Crippen molar-refractivity contribution in [1.82, 2.24) is 10.6 Å². The van der Waals surface area contributed by atoms with Crippen LogP contribution in [0.15, 0.2) is 35.9 Å². The van der Waals surface area contributed by atoms with Crippen molar-refractivity contribution < 1.29 is 28.7 Å². The van der Waals surface area contributed by atoms with Crippen molar-refractivity contribution in [2.24, 2.45) is 0 Å². The summed E-state index contributed by atoms with van der Waals surface area (Å²) in [6, 6.07) is 6.97. The van der Waals surface area contributed by atoms with Gasteiger partial charge in [0.25, 0.3) is 0 Å². The summed E-state index contributed by atoms with van der Waals surface area (Å²) in [5.74, 6) is -0.917. The van der Waals surface area contributed by atoms with Gasteiger partial charge in [-0.3, -0.25) is 19.3 Å². The zero-order valence-electron chi connectivity index (χ0n) is 17.0. The van der Waals surface area contributed by atoms with E-state index < -0.39 is 18.2 Å². The second-order valence-corrected chi connectivity index (χ2v) is 7.18. The molecule has 0 radical (unpaired) electrons. The average molecular weight is 415 g/mol. The van der Waals surface area contributed by atoms with Gasteiger partial charge in [0, 0.05) is 25.1 Å². The van der Waals surface area contributed by atoms with Crippen LogP contribution in [-0.4, -0.2) is 56.1 Å². The predicted octanol–water partition coefficient (Wildman–Crippen LogP) is 1.24. The number of nitrogens with zero attached hydrogens (tertiary/aromatic N) is 1. The van der Waals surface area contributed by atoms with Crippen LogP contribution in [0, 0.1) is 0 Å². The largest absolute Gasteiger partial charge is 0.457 e. The average Bonchev–Trinajstić information content (AvgIpc) is 3.11. The zero-order chi connectivity index (χ0) is 21.7. The third-order valence-corrected chi connectivity index (χ3v) is 4.89. The molecule has 0 bridgehead atoms. The standard InChI is InChI=1S/C21H25N3O6/c1-13(25)23-10-17-11-24(21(28)30-17)16-7-5-15(6-8-16)20-18(4-3-9-22-20)19(27)12-29-14(2)26/h4-8,17,20,22H,3,9-12H2,1-2H3,(H,23,25)/t17-,20?/m0/s1. The van der Waals surface area contributed by atoms with E-state index in [0.29, 0.717) is 24.2 Å². The summed E-state index contributed by atoms with van der Waals surface area (Å²) >= 11 is 0. The molecule has 1 aromatic rings. The first-order chi connectivity index (χ1) is 14.3. The molecule has 0 spiro atoms. The van der Waals surface area contributed by atoms with Crippen molar-refractivity contribution in [3.05, 3.63) is 41.5 Å². The SMILES string of the molecule is CC(=O)NC[C@H]1CN(c2ccc(C3NCCC=C3C(=O)COC(C)=O)cc2)C(=O)O1. The topological polar surface area (TPSA) is 114 Å². The lowest BCUT2D eigenvalue weighted by atomic mass is 9.92. The van der Waals surface area contributed by atoms with Crippen LogP contribution in [0.3, 0.4) is 0 Å². The molecule has 2 aliphatic rings. The Morgan fingerprint density at radius 1 is 1.23 bits per heavy atom. The molecule has 2 N–H and O–H groups in total. The molecule has 1 fully saturated rings. The fourth-order valence-electron chi connectivity index (χ4n) is 3.45. The molecule has 2 amide bonds.